The predicted molar refractivity (Wildman–Crippen MR) is 96.4 cm³/mol. The van der Waals surface area contributed by atoms with Gasteiger partial charge in [0.2, 0.25) is 0 Å². The second-order valence-electron chi connectivity index (χ2n) is 6.41. The van der Waals surface area contributed by atoms with E-state index in [2.05, 4.69) is 29.0 Å². The fourth-order valence-corrected chi connectivity index (χ4v) is 2.86. The molecule has 0 N–H and O–H groups in total. The van der Waals surface area contributed by atoms with Crippen molar-refractivity contribution in [2.24, 2.45) is 13.0 Å². The molecule has 0 fully saturated rings. The summed E-state index contributed by atoms with van der Waals surface area (Å²) in [5.41, 5.74) is 1.79. The normalized spacial score (nSPS) is 12.6. The summed E-state index contributed by atoms with van der Waals surface area (Å²) in [5, 5.41) is 9.13. The van der Waals surface area contributed by atoms with Crippen LogP contribution >= 0.6 is 11.6 Å². The Morgan fingerprint density at radius 2 is 2.08 bits per heavy atom. The van der Waals surface area contributed by atoms with E-state index in [0.29, 0.717) is 22.6 Å². The third-order valence-electron chi connectivity index (χ3n) is 4.32. The van der Waals surface area contributed by atoms with Crippen molar-refractivity contribution in [3.63, 3.8) is 0 Å². The van der Waals surface area contributed by atoms with Gasteiger partial charge in [0.05, 0.1) is 23.0 Å². The first-order chi connectivity index (χ1) is 11.9. The van der Waals surface area contributed by atoms with Gasteiger partial charge in [0.25, 0.3) is 0 Å². The molecule has 3 rings (SSSR count). The quantitative estimate of drug-likeness (QED) is 0.678. The second-order valence-corrected chi connectivity index (χ2v) is 6.78. The van der Waals surface area contributed by atoms with Crippen LogP contribution in [0.1, 0.15) is 31.7 Å². The third kappa shape index (κ3) is 3.44. The Bertz CT molecular complexity index is 899. The van der Waals surface area contributed by atoms with E-state index in [1.807, 2.05) is 20.2 Å². The largest absolute Gasteiger partial charge is 0.274 e. The molecule has 0 amide bonds. The number of hydrogen-bond acceptors (Lipinski definition) is 3. The molecule has 0 radical (unpaired) electrons. The molecule has 0 aliphatic carbocycles. The zero-order valence-electron chi connectivity index (χ0n) is 14.8. The molecule has 3 aromatic rings. The summed E-state index contributed by atoms with van der Waals surface area (Å²) in [4.78, 5) is 4.61. The highest BCUT2D eigenvalue weighted by molar-refractivity contribution is 6.34. The number of aromatic nitrogens is 5. The lowest BCUT2D eigenvalue weighted by molar-refractivity contribution is 0.542. The molecular formula is C18H21ClFN5. The van der Waals surface area contributed by atoms with Crippen LogP contribution in [0, 0.1) is 18.7 Å². The molecule has 0 saturated carbocycles. The molecule has 0 aliphatic rings. The summed E-state index contributed by atoms with van der Waals surface area (Å²) < 4.78 is 17.9. The highest BCUT2D eigenvalue weighted by atomic mass is 35.5. The molecule has 2 aromatic heterocycles. The van der Waals surface area contributed by atoms with Gasteiger partial charge in [-0.25, -0.2) is 14.1 Å². The molecule has 0 aliphatic heterocycles. The lowest BCUT2D eigenvalue weighted by Gasteiger charge is -2.08. The maximum Gasteiger partial charge on any atom is 0.168 e. The topological polar surface area (TPSA) is 48.5 Å². The number of benzene rings is 1. The summed E-state index contributed by atoms with van der Waals surface area (Å²) in [6.07, 6.45) is 5.23. The number of hydrogen-bond donors (Lipinski definition) is 0. The maximum atomic E-state index is 14.6. The van der Waals surface area contributed by atoms with Crippen LogP contribution in [-0.4, -0.2) is 24.5 Å². The Labute approximate surface area is 151 Å². The van der Waals surface area contributed by atoms with Crippen LogP contribution in [-0.2, 0) is 13.5 Å². The number of aryl methyl sites for hydroxylation is 2. The van der Waals surface area contributed by atoms with E-state index in [0.717, 1.165) is 24.1 Å². The molecule has 1 unspecified atom stereocenters. The number of rotatable bonds is 5. The van der Waals surface area contributed by atoms with E-state index >= 15 is 0 Å². The van der Waals surface area contributed by atoms with Gasteiger partial charge in [0.15, 0.2) is 11.6 Å². The highest BCUT2D eigenvalue weighted by Crippen LogP contribution is 2.33. The van der Waals surface area contributed by atoms with Gasteiger partial charge >= 0.3 is 0 Å². The molecule has 5 nitrogen and oxygen atoms in total. The van der Waals surface area contributed by atoms with Crippen molar-refractivity contribution in [1.29, 1.82) is 0 Å². The summed E-state index contributed by atoms with van der Waals surface area (Å²) in [6, 6.07) is 3.07. The monoisotopic (exact) mass is 361 g/mol. The van der Waals surface area contributed by atoms with E-state index < -0.39 is 5.82 Å². The molecule has 1 aromatic carbocycles. The Balaban J connectivity index is 2.19. The van der Waals surface area contributed by atoms with Crippen molar-refractivity contribution in [3.8, 4) is 17.1 Å². The van der Waals surface area contributed by atoms with Crippen LogP contribution in [0.3, 0.4) is 0 Å². The molecule has 132 valence electrons. The molecular weight excluding hydrogens is 341 g/mol. The van der Waals surface area contributed by atoms with Gasteiger partial charge in [0.1, 0.15) is 11.5 Å². The fraction of sp³-hybridized carbons (Fsp3) is 0.389. The van der Waals surface area contributed by atoms with Crippen LogP contribution in [0.2, 0.25) is 5.02 Å². The minimum atomic E-state index is -0.414. The highest BCUT2D eigenvalue weighted by Gasteiger charge is 2.22. The first kappa shape index (κ1) is 17.6. The summed E-state index contributed by atoms with van der Waals surface area (Å²) in [5.74, 6) is 1.10. The first-order valence-electron chi connectivity index (χ1n) is 8.30. The molecule has 0 saturated heterocycles. The van der Waals surface area contributed by atoms with Crippen LogP contribution in [0.15, 0.2) is 24.5 Å². The minimum Gasteiger partial charge on any atom is -0.274 e. The van der Waals surface area contributed by atoms with E-state index in [4.69, 9.17) is 11.6 Å². The van der Waals surface area contributed by atoms with Gasteiger partial charge in [-0.05, 0) is 24.5 Å². The van der Waals surface area contributed by atoms with Crippen molar-refractivity contribution in [3.05, 3.63) is 46.8 Å². The summed E-state index contributed by atoms with van der Waals surface area (Å²) in [6.45, 7) is 6.11. The molecule has 1 atom stereocenters. The second kappa shape index (κ2) is 6.96. The van der Waals surface area contributed by atoms with E-state index in [-0.39, 0.29) is 5.56 Å². The zero-order valence-corrected chi connectivity index (χ0v) is 15.5. The smallest absolute Gasteiger partial charge is 0.168 e. The van der Waals surface area contributed by atoms with Gasteiger partial charge in [-0.2, -0.15) is 10.2 Å². The van der Waals surface area contributed by atoms with Crippen molar-refractivity contribution in [2.45, 2.75) is 33.6 Å². The van der Waals surface area contributed by atoms with Crippen LogP contribution < -0.4 is 0 Å². The molecule has 7 heteroatoms. The Morgan fingerprint density at radius 3 is 2.72 bits per heavy atom. The van der Waals surface area contributed by atoms with Gasteiger partial charge in [-0.3, -0.25) is 4.68 Å². The lowest BCUT2D eigenvalue weighted by atomic mass is 10.1. The average Bonchev–Trinajstić information content (AvgIpc) is 3.18. The molecule has 25 heavy (non-hydrogen) atoms. The van der Waals surface area contributed by atoms with E-state index in [1.165, 1.54) is 6.07 Å². The van der Waals surface area contributed by atoms with Crippen molar-refractivity contribution >= 4 is 11.6 Å². The van der Waals surface area contributed by atoms with Gasteiger partial charge in [-0.15, -0.1) is 0 Å². The SMILES string of the molecule is CCC(C)Cc1nc(-c2c(F)ccc(C)c2Cl)n(-c2cnn(C)c2)n1. The van der Waals surface area contributed by atoms with Gasteiger partial charge in [-0.1, -0.05) is 37.9 Å². The van der Waals surface area contributed by atoms with Crippen LogP contribution in [0.5, 0.6) is 0 Å². The predicted octanol–water partition coefficient (Wildman–Crippen LogP) is 4.36. The molecule has 0 bridgehead atoms. The third-order valence-corrected chi connectivity index (χ3v) is 4.81. The fourth-order valence-electron chi connectivity index (χ4n) is 2.62. The number of halogens is 2. The van der Waals surface area contributed by atoms with Crippen LogP contribution in [0.4, 0.5) is 4.39 Å². The van der Waals surface area contributed by atoms with E-state index in [1.54, 1.807) is 21.6 Å². The Kier molecular flexibility index (Phi) is 4.90. The molecule has 0 spiro atoms. The van der Waals surface area contributed by atoms with Gasteiger partial charge in [0, 0.05) is 13.5 Å². The Morgan fingerprint density at radius 1 is 1.32 bits per heavy atom. The number of nitrogens with zero attached hydrogens (tertiary/aromatic N) is 5. The maximum absolute atomic E-state index is 14.6. The standard InChI is InChI=1S/C18H21ClFN5/c1-5-11(2)8-15-22-18(16-14(20)7-6-12(3)17(16)19)25(23-15)13-9-21-24(4)10-13/h6-7,9-11H,5,8H2,1-4H3. The average molecular weight is 362 g/mol. The lowest BCUT2D eigenvalue weighted by Crippen LogP contribution is -2.02. The molecule has 2 heterocycles. The van der Waals surface area contributed by atoms with Crippen molar-refractivity contribution < 1.29 is 4.39 Å². The van der Waals surface area contributed by atoms with Crippen LogP contribution in [0.25, 0.3) is 17.1 Å². The Hall–Kier alpha value is -2.21. The minimum absolute atomic E-state index is 0.272. The summed E-state index contributed by atoms with van der Waals surface area (Å²) >= 11 is 6.40. The van der Waals surface area contributed by atoms with Gasteiger partial charge < -0.3 is 0 Å². The first-order valence-corrected chi connectivity index (χ1v) is 8.68. The van der Waals surface area contributed by atoms with E-state index in [9.17, 15) is 4.39 Å². The zero-order chi connectivity index (χ0) is 18.1. The van der Waals surface area contributed by atoms with Crippen molar-refractivity contribution in [2.75, 3.05) is 0 Å². The summed E-state index contributed by atoms with van der Waals surface area (Å²) in [7, 11) is 1.82. The van der Waals surface area contributed by atoms with Crippen molar-refractivity contribution in [1.82, 2.24) is 24.5 Å².